The second-order valence-corrected chi connectivity index (χ2v) is 9.65. The van der Waals surface area contributed by atoms with E-state index in [0.29, 0.717) is 23.7 Å². The summed E-state index contributed by atoms with van der Waals surface area (Å²) in [7, 11) is 1.91. The fourth-order valence-electron chi connectivity index (χ4n) is 4.16. The van der Waals surface area contributed by atoms with E-state index in [2.05, 4.69) is 37.4 Å². The summed E-state index contributed by atoms with van der Waals surface area (Å²) in [4.78, 5) is 40.7. The molecule has 10 nitrogen and oxygen atoms in total. The van der Waals surface area contributed by atoms with Crippen molar-refractivity contribution in [1.29, 1.82) is 0 Å². The van der Waals surface area contributed by atoms with Gasteiger partial charge in [-0.05, 0) is 74.1 Å². The minimum absolute atomic E-state index is 0.190. The van der Waals surface area contributed by atoms with Crippen molar-refractivity contribution in [3.63, 3.8) is 0 Å². The van der Waals surface area contributed by atoms with Crippen LogP contribution in [0.2, 0.25) is 0 Å². The summed E-state index contributed by atoms with van der Waals surface area (Å²) in [5.74, 6) is 0.265. The van der Waals surface area contributed by atoms with Gasteiger partial charge >= 0.3 is 0 Å². The van der Waals surface area contributed by atoms with Gasteiger partial charge in [-0.1, -0.05) is 25.1 Å². The molecule has 0 spiro atoms. The standard InChI is InChI=1S/C31H35N7O3/c1-4-38(17-16-37(3)21-41-22-39)20-24-8-10-25(11-9-24)30(40)34-27-12-7-23(2)29(18-27)36-31-33-15-13-28(35-31)26-6-5-14-32-19-26/h5-15,18-19,22H,4,16-17,20-21H2,1-3H3,(H,34,40)(H,33,35,36). The Bertz CT molecular complexity index is 1430. The quantitative estimate of drug-likeness (QED) is 0.169. The van der Waals surface area contributed by atoms with Gasteiger partial charge in [0.2, 0.25) is 5.95 Å². The van der Waals surface area contributed by atoms with Crippen molar-refractivity contribution in [2.75, 3.05) is 44.0 Å². The number of carbonyl (C=O) groups is 2. The van der Waals surface area contributed by atoms with Crippen molar-refractivity contribution in [1.82, 2.24) is 24.8 Å². The molecule has 2 N–H and O–H groups in total. The number of hydrogen-bond donors (Lipinski definition) is 2. The van der Waals surface area contributed by atoms with Crippen molar-refractivity contribution < 1.29 is 14.3 Å². The summed E-state index contributed by atoms with van der Waals surface area (Å²) in [6.45, 7) is 8.07. The average molecular weight is 554 g/mol. The van der Waals surface area contributed by atoms with Gasteiger partial charge in [-0.25, -0.2) is 9.97 Å². The highest BCUT2D eigenvalue weighted by atomic mass is 16.5. The number of nitrogens with one attached hydrogen (secondary N) is 2. The third-order valence-electron chi connectivity index (χ3n) is 6.59. The van der Waals surface area contributed by atoms with Crippen LogP contribution in [0.4, 0.5) is 17.3 Å². The second kappa shape index (κ2) is 14.6. The van der Waals surface area contributed by atoms with E-state index in [1.54, 1.807) is 18.6 Å². The van der Waals surface area contributed by atoms with Crippen LogP contribution in [0.5, 0.6) is 0 Å². The van der Waals surface area contributed by atoms with E-state index in [1.165, 1.54) is 0 Å². The fourth-order valence-corrected chi connectivity index (χ4v) is 4.16. The van der Waals surface area contributed by atoms with Gasteiger partial charge in [0.25, 0.3) is 12.4 Å². The summed E-state index contributed by atoms with van der Waals surface area (Å²) in [5.41, 5.74) is 5.80. The number of pyridine rings is 1. The summed E-state index contributed by atoms with van der Waals surface area (Å²) < 4.78 is 4.79. The highest BCUT2D eigenvalue weighted by molar-refractivity contribution is 6.04. The Morgan fingerprint density at radius 3 is 2.61 bits per heavy atom. The normalized spacial score (nSPS) is 11.0. The molecule has 1 amide bonds. The number of benzene rings is 2. The fraction of sp³-hybridized carbons (Fsp3) is 0.258. The van der Waals surface area contributed by atoms with Crippen LogP contribution in [0.3, 0.4) is 0 Å². The van der Waals surface area contributed by atoms with Crippen molar-refractivity contribution in [3.05, 3.63) is 95.9 Å². The van der Waals surface area contributed by atoms with E-state index < -0.39 is 0 Å². The predicted molar refractivity (Wildman–Crippen MR) is 160 cm³/mol. The van der Waals surface area contributed by atoms with Gasteiger partial charge in [-0.2, -0.15) is 0 Å². The number of aryl methyl sites for hydroxylation is 1. The highest BCUT2D eigenvalue weighted by Gasteiger charge is 2.11. The Labute approximate surface area is 240 Å². The third kappa shape index (κ3) is 8.66. The van der Waals surface area contributed by atoms with Crippen LogP contribution in [0, 0.1) is 6.92 Å². The Kier molecular flexibility index (Phi) is 10.5. The molecule has 212 valence electrons. The number of anilines is 3. The molecule has 0 radical (unpaired) electrons. The van der Waals surface area contributed by atoms with Crippen molar-refractivity contribution in [3.8, 4) is 11.3 Å². The van der Waals surface area contributed by atoms with E-state index in [-0.39, 0.29) is 12.6 Å². The first kappa shape index (κ1) is 29.3. The number of hydrogen-bond acceptors (Lipinski definition) is 9. The van der Waals surface area contributed by atoms with Crippen LogP contribution < -0.4 is 10.6 Å². The van der Waals surface area contributed by atoms with Gasteiger partial charge in [-0.15, -0.1) is 0 Å². The number of rotatable bonds is 14. The van der Waals surface area contributed by atoms with E-state index in [0.717, 1.165) is 54.3 Å². The first-order valence-electron chi connectivity index (χ1n) is 13.4. The average Bonchev–Trinajstić information content (AvgIpc) is 3.00. The first-order valence-corrected chi connectivity index (χ1v) is 13.4. The zero-order chi connectivity index (χ0) is 29.0. The van der Waals surface area contributed by atoms with Crippen LogP contribution in [0.25, 0.3) is 11.3 Å². The molecule has 2 aromatic heterocycles. The minimum atomic E-state index is -0.190. The van der Waals surface area contributed by atoms with Crippen LogP contribution in [-0.4, -0.2) is 70.5 Å². The maximum atomic E-state index is 13.0. The SMILES string of the molecule is CCN(CCN(C)COC=O)Cc1ccc(C(=O)Nc2ccc(C)c(Nc3nccc(-c4cccnc4)n3)c2)cc1. The number of likely N-dealkylation sites (N-methyl/N-ethyl adjacent to an activating group) is 2. The molecule has 0 aliphatic rings. The summed E-state index contributed by atoms with van der Waals surface area (Å²) in [5, 5.41) is 6.26. The molecule has 0 bridgehead atoms. The topological polar surface area (TPSA) is 113 Å². The molecule has 41 heavy (non-hydrogen) atoms. The van der Waals surface area contributed by atoms with E-state index in [9.17, 15) is 9.59 Å². The lowest BCUT2D eigenvalue weighted by Gasteiger charge is -2.23. The molecular formula is C31H35N7O3. The summed E-state index contributed by atoms with van der Waals surface area (Å²) in [6, 6.07) is 19.0. The number of aromatic nitrogens is 3. The zero-order valence-electron chi connectivity index (χ0n) is 23.6. The molecule has 0 atom stereocenters. The van der Waals surface area contributed by atoms with Gasteiger partial charge in [-0.3, -0.25) is 24.4 Å². The molecule has 0 aliphatic heterocycles. The third-order valence-corrected chi connectivity index (χ3v) is 6.59. The molecule has 0 unspecified atom stereocenters. The van der Waals surface area contributed by atoms with Crippen LogP contribution in [-0.2, 0) is 16.1 Å². The molecule has 0 saturated heterocycles. The number of ether oxygens (including phenoxy) is 1. The Balaban J connectivity index is 1.36. The number of carbonyl (C=O) groups excluding carboxylic acids is 2. The molecule has 0 aliphatic carbocycles. The molecular weight excluding hydrogens is 518 g/mol. The van der Waals surface area contributed by atoms with Gasteiger partial charge in [0.1, 0.15) is 6.73 Å². The van der Waals surface area contributed by atoms with Crippen molar-refractivity contribution in [2.24, 2.45) is 0 Å². The summed E-state index contributed by atoms with van der Waals surface area (Å²) in [6.07, 6.45) is 5.18. The lowest BCUT2D eigenvalue weighted by atomic mass is 10.1. The Morgan fingerprint density at radius 2 is 1.88 bits per heavy atom. The molecule has 2 heterocycles. The molecule has 0 fully saturated rings. The smallest absolute Gasteiger partial charge is 0.294 e. The zero-order valence-corrected chi connectivity index (χ0v) is 23.6. The monoisotopic (exact) mass is 553 g/mol. The molecule has 4 rings (SSSR count). The lowest BCUT2D eigenvalue weighted by molar-refractivity contribution is -0.132. The molecule has 10 heteroatoms. The Hall–Kier alpha value is -4.67. The van der Waals surface area contributed by atoms with Gasteiger partial charge < -0.3 is 15.4 Å². The number of nitrogens with zero attached hydrogens (tertiary/aromatic N) is 5. The van der Waals surface area contributed by atoms with Crippen LogP contribution >= 0.6 is 0 Å². The van der Waals surface area contributed by atoms with Gasteiger partial charge in [0.15, 0.2) is 0 Å². The van der Waals surface area contributed by atoms with E-state index in [4.69, 9.17) is 4.74 Å². The van der Waals surface area contributed by atoms with Gasteiger partial charge in [0, 0.05) is 60.7 Å². The van der Waals surface area contributed by atoms with E-state index >= 15 is 0 Å². The van der Waals surface area contributed by atoms with E-state index in [1.807, 2.05) is 79.5 Å². The Morgan fingerprint density at radius 1 is 1.05 bits per heavy atom. The minimum Gasteiger partial charge on any atom is -0.452 e. The molecule has 2 aromatic carbocycles. The van der Waals surface area contributed by atoms with Crippen LogP contribution in [0.15, 0.2) is 79.3 Å². The first-order chi connectivity index (χ1) is 19.9. The summed E-state index contributed by atoms with van der Waals surface area (Å²) >= 11 is 0. The van der Waals surface area contributed by atoms with Gasteiger partial charge in [0.05, 0.1) is 5.69 Å². The maximum absolute atomic E-state index is 13.0. The van der Waals surface area contributed by atoms with Crippen LogP contribution in [0.1, 0.15) is 28.4 Å². The molecule has 4 aromatic rings. The number of amides is 1. The largest absolute Gasteiger partial charge is 0.452 e. The predicted octanol–water partition coefficient (Wildman–Crippen LogP) is 4.73. The highest BCUT2D eigenvalue weighted by Crippen LogP contribution is 2.24. The molecule has 0 saturated carbocycles. The van der Waals surface area contributed by atoms with Crippen molar-refractivity contribution >= 4 is 29.7 Å². The maximum Gasteiger partial charge on any atom is 0.294 e. The second-order valence-electron chi connectivity index (χ2n) is 9.65. The van der Waals surface area contributed by atoms with Crippen molar-refractivity contribution in [2.45, 2.75) is 20.4 Å². The lowest BCUT2D eigenvalue weighted by Crippen LogP contribution is -2.33.